The number of rotatable bonds is 4. The second-order valence-corrected chi connectivity index (χ2v) is 6.54. The van der Waals surface area contributed by atoms with E-state index in [0.717, 1.165) is 23.6 Å². The van der Waals surface area contributed by atoms with Crippen LogP contribution in [-0.4, -0.2) is 36.1 Å². The van der Waals surface area contributed by atoms with Crippen molar-refractivity contribution in [3.8, 4) is 22.9 Å². The molecule has 0 radical (unpaired) electrons. The summed E-state index contributed by atoms with van der Waals surface area (Å²) in [6.45, 7) is 3.10. The fourth-order valence-corrected chi connectivity index (χ4v) is 3.04. The van der Waals surface area contributed by atoms with Gasteiger partial charge in [-0.15, -0.1) is 0 Å². The molecular formula is C21H22N4O4. The highest BCUT2D eigenvalue weighted by Gasteiger charge is 2.14. The molecule has 0 saturated carbocycles. The van der Waals surface area contributed by atoms with Crippen LogP contribution in [0, 0.1) is 6.92 Å². The van der Waals surface area contributed by atoms with E-state index in [4.69, 9.17) is 14.2 Å². The summed E-state index contributed by atoms with van der Waals surface area (Å²) in [6, 6.07) is 12.5. The van der Waals surface area contributed by atoms with Crippen LogP contribution in [0.5, 0.6) is 17.2 Å². The number of aromatic nitrogens is 2. The van der Waals surface area contributed by atoms with E-state index >= 15 is 0 Å². The zero-order valence-electron chi connectivity index (χ0n) is 16.3. The summed E-state index contributed by atoms with van der Waals surface area (Å²) in [5.74, 6) is 2.08. The molecule has 0 saturated heterocycles. The maximum atomic E-state index is 12.5. The van der Waals surface area contributed by atoms with Gasteiger partial charge in [0.15, 0.2) is 11.5 Å². The van der Waals surface area contributed by atoms with Crippen LogP contribution in [0.2, 0.25) is 0 Å². The van der Waals surface area contributed by atoms with Crippen molar-refractivity contribution < 1.29 is 19.0 Å². The zero-order chi connectivity index (χ0) is 20.2. The van der Waals surface area contributed by atoms with E-state index in [1.807, 2.05) is 31.2 Å². The number of nitrogens with zero attached hydrogens (tertiary/aromatic N) is 2. The Kier molecular flexibility index (Phi) is 5.24. The Bertz CT molecular complexity index is 1010. The highest BCUT2D eigenvalue weighted by Crippen LogP contribution is 2.32. The van der Waals surface area contributed by atoms with Gasteiger partial charge in [0.1, 0.15) is 5.75 Å². The first-order valence-electron chi connectivity index (χ1n) is 9.31. The Hall–Kier alpha value is -3.68. The van der Waals surface area contributed by atoms with Crippen molar-refractivity contribution in [2.24, 2.45) is 0 Å². The minimum Gasteiger partial charge on any atom is -0.497 e. The number of amides is 2. The molecule has 2 N–H and O–H groups in total. The number of urea groups is 1. The van der Waals surface area contributed by atoms with E-state index in [1.165, 1.54) is 0 Å². The van der Waals surface area contributed by atoms with Gasteiger partial charge in [-0.2, -0.15) is 5.10 Å². The van der Waals surface area contributed by atoms with Gasteiger partial charge in [-0.25, -0.2) is 9.48 Å². The molecule has 0 spiro atoms. The van der Waals surface area contributed by atoms with Crippen molar-refractivity contribution in [1.29, 1.82) is 0 Å². The first-order chi connectivity index (χ1) is 14.1. The average Bonchev–Trinajstić information content (AvgIpc) is 2.94. The number of anilines is 2. The first-order valence-corrected chi connectivity index (χ1v) is 9.31. The maximum absolute atomic E-state index is 12.5. The summed E-state index contributed by atoms with van der Waals surface area (Å²) in [4.78, 5) is 12.5. The Balaban J connectivity index is 1.45. The van der Waals surface area contributed by atoms with E-state index in [9.17, 15) is 4.79 Å². The number of hydrogen-bond acceptors (Lipinski definition) is 5. The zero-order valence-corrected chi connectivity index (χ0v) is 16.3. The molecule has 0 atom stereocenters. The monoisotopic (exact) mass is 394 g/mol. The number of benzene rings is 2. The molecule has 0 fully saturated rings. The molecule has 2 amide bonds. The van der Waals surface area contributed by atoms with Crippen LogP contribution in [0.25, 0.3) is 5.69 Å². The van der Waals surface area contributed by atoms with Crippen LogP contribution in [0.4, 0.5) is 16.2 Å². The third-order valence-corrected chi connectivity index (χ3v) is 4.58. The van der Waals surface area contributed by atoms with Crippen LogP contribution in [0.3, 0.4) is 0 Å². The van der Waals surface area contributed by atoms with Gasteiger partial charge in [-0.05, 0) is 43.3 Å². The lowest BCUT2D eigenvalue weighted by Crippen LogP contribution is -2.19. The third-order valence-electron chi connectivity index (χ3n) is 4.58. The van der Waals surface area contributed by atoms with E-state index in [-0.39, 0.29) is 6.03 Å². The number of hydrogen-bond donors (Lipinski definition) is 2. The lowest BCUT2D eigenvalue weighted by molar-refractivity contribution is 0.262. The van der Waals surface area contributed by atoms with Crippen molar-refractivity contribution >= 4 is 17.4 Å². The van der Waals surface area contributed by atoms with Crippen molar-refractivity contribution in [2.45, 2.75) is 13.3 Å². The molecule has 150 valence electrons. The molecule has 1 aliphatic heterocycles. The quantitative estimate of drug-likeness (QED) is 0.699. The molecule has 0 aliphatic carbocycles. The fraction of sp³-hybridized carbons (Fsp3) is 0.238. The summed E-state index contributed by atoms with van der Waals surface area (Å²) in [5.41, 5.74) is 2.92. The maximum Gasteiger partial charge on any atom is 0.323 e. The molecule has 8 nitrogen and oxygen atoms in total. The van der Waals surface area contributed by atoms with Crippen molar-refractivity contribution in [3.63, 3.8) is 0 Å². The Morgan fingerprint density at radius 2 is 1.83 bits per heavy atom. The largest absolute Gasteiger partial charge is 0.497 e. The lowest BCUT2D eigenvalue weighted by Gasteiger charge is -2.11. The van der Waals surface area contributed by atoms with Gasteiger partial charge in [0.2, 0.25) is 0 Å². The summed E-state index contributed by atoms with van der Waals surface area (Å²) in [6.07, 6.45) is 2.45. The topological polar surface area (TPSA) is 86.6 Å². The van der Waals surface area contributed by atoms with Gasteiger partial charge in [-0.1, -0.05) is 0 Å². The van der Waals surface area contributed by atoms with Crippen LogP contribution in [-0.2, 0) is 0 Å². The van der Waals surface area contributed by atoms with Crippen molar-refractivity contribution in [2.75, 3.05) is 31.0 Å². The van der Waals surface area contributed by atoms with Gasteiger partial charge in [0, 0.05) is 18.2 Å². The number of carbonyl (C=O) groups is 1. The van der Waals surface area contributed by atoms with Gasteiger partial charge in [0.25, 0.3) is 0 Å². The van der Waals surface area contributed by atoms with Crippen molar-refractivity contribution in [1.82, 2.24) is 9.78 Å². The van der Waals surface area contributed by atoms with E-state index in [1.54, 1.807) is 36.2 Å². The predicted molar refractivity (Wildman–Crippen MR) is 110 cm³/mol. The molecule has 1 aromatic heterocycles. The van der Waals surface area contributed by atoms with Gasteiger partial charge in [0.05, 0.1) is 43.6 Å². The minimum absolute atomic E-state index is 0.364. The molecular weight excluding hydrogens is 372 g/mol. The molecule has 3 aromatic rings. The van der Waals surface area contributed by atoms with E-state index in [0.29, 0.717) is 36.1 Å². The molecule has 2 heterocycles. The molecule has 29 heavy (non-hydrogen) atoms. The third kappa shape index (κ3) is 4.11. The highest BCUT2D eigenvalue weighted by molar-refractivity contribution is 6.00. The molecule has 0 bridgehead atoms. The highest BCUT2D eigenvalue weighted by atomic mass is 16.5. The van der Waals surface area contributed by atoms with Gasteiger partial charge in [-0.3, -0.25) is 0 Å². The standard InChI is InChI=1S/C21H22N4O4/c1-14-18(13-22-25(14)16-5-7-17(27-2)8-6-16)24-21(26)23-15-4-9-19-20(12-15)29-11-3-10-28-19/h4-9,12-13H,3,10-11H2,1-2H3,(H2,23,24,26). The van der Waals surface area contributed by atoms with Gasteiger partial charge >= 0.3 is 6.03 Å². The number of fused-ring (bicyclic) bond motifs is 1. The molecule has 1 aliphatic rings. The smallest absolute Gasteiger partial charge is 0.323 e. The minimum atomic E-state index is -0.364. The van der Waals surface area contributed by atoms with Crippen LogP contribution >= 0.6 is 0 Å². The second-order valence-electron chi connectivity index (χ2n) is 6.54. The van der Waals surface area contributed by atoms with E-state index < -0.39 is 0 Å². The number of ether oxygens (including phenoxy) is 3. The molecule has 0 unspecified atom stereocenters. The van der Waals surface area contributed by atoms with Crippen LogP contribution in [0.1, 0.15) is 12.1 Å². The Labute approximate surface area is 168 Å². The summed E-state index contributed by atoms with van der Waals surface area (Å²) < 4.78 is 18.2. The van der Waals surface area contributed by atoms with Gasteiger partial charge < -0.3 is 24.8 Å². The number of carbonyl (C=O) groups excluding carboxylic acids is 1. The second kappa shape index (κ2) is 8.14. The summed E-state index contributed by atoms with van der Waals surface area (Å²) in [5, 5.41) is 10.0. The van der Waals surface area contributed by atoms with E-state index in [2.05, 4.69) is 15.7 Å². The van der Waals surface area contributed by atoms with Crippen LogP contribution in [0.15, 0.2) is 48.7 Å². The Morgan fingerprint density at radius 1 is 1.07 bits per heavy atom. The molecule has 8 heteroatoms. The summed E-state index contributed by atoms with van der Waals surface area (Å²) in [7, 11) is 1.62. The molecule has 4 rings (SSSR count). The SMILES string of the molecule is COc1ccc(-n2ncc(NC(=O)Nc3ccc4c(c3)OCCCO4)c2C)cc1. The average molecular weight is 394 g/mol. The molecule has 2 aromatic carbocycles. The lowest BCUT2D eigenvalue weighted by atomic mass is 10.2. The Morgan fingerprint density at radius 3 is 2.59 bits per heavy atom. The predicted octanol–water partition coefficient (Wildman–Crippen LogP) is 3.99. The van der Waals surface area contributed by atoms with Crippen LogP contribution < -0.4 is 24.8 Å². The first kappa shape index (κ1) is 18.7. The fourth-order valence-electron chi connectivity index (χ4n) is 3.04. The number of methoxy groups -OCH3 is 1. The normalized spacial score (nSPS) is 12.8. The van der Waals surface area contributed by atoms with Crippen molar-refractivity contribution in [3.05, 3.63) is 54.4 Å². The summed E-state index contributed by atoms with van der Waals surface area (Å²) >= 11 is 0. The number of nitrogens with one attached hydrogen (secondary N) is 2.